The Labute approximate surface area is 120 Å². The minimum atomic E-state index is -5.95. The molecule has 0 aliphatic heterocycles. The van der Waals surface area contributed by atoms with Gasteiger partial charge in [-0.2, -0.15) is 22.0 Å². The van der Waals surface area contributed by atoms with Crippen LogP contribution in [0.25, 0.3) is 0 Å². The van der Waals surface area contributed by atoms with Gasteiger partial charge in [0, 0.05) is 0 Å². The predicted molar refractivity (Wildman–Crippen MR) is 64.0 cm³/mol. The molecule has 9 heteroatoms. The number of rotatable bonds is 3. The first-order valence-corrected chi connectivity index (χ1v) is 5.93. The third-order valence-electron chi connectivity index (χ3n) is 2.43. The Bertz CT molecular complexity index is 518. The van der Waals surface area contributed by atoms with E-state index in [1.165, 1.54) is 25.1 Å². The molecule has 1 rings (SSSR count). The minimum absolute atomic E-state index is 0.0906. The molecule has 1 N–H and O–H groups in total. The van der Waals surface area contributed by atoms with Crippen LogP contribution in [-0.4, -0.2) is 18.0 Å². The second-order valence-electron chi connectivity index (χ2n) is 3.94. The summed E-state index contributed by atoms with van der Waals surface area (Å²) in [6.45, 7) is 1.24. The van der Waals surface area contributed by atoms with Crippen molar-refractivity contribution in [3.8, 4) is 0 Å². The summed E-state index contributed by atoms with van der Waals surface area (Å²) in [7, 11) is 0. The topological polar surface area (TPSA) is 29.1 Å². The van der Waals surface area contributed by atoms with E-state index in [4.69, 9.17) is 23.2 Å². The van der Waals surface area contributed by atoms with Crippen molar-refractivity contribution >= 4 is 29.1 Å². The van der Waals surface area contributed by atoms with Crippen molar-refractivity contribution < 1.29 is 26.7 Å². The summed E-state index contributed by atoms with van der Waals surface area (Å²) in [5.74, 6) is -7.89. The summed E-state index contributed by atoms with van der Waals surface area (Å²) in [4.78, 5) is 11.0. The molecule has 1 unspecified atom stereocenters. The lowest BCUT2D eigenvalue weighted by Gasteiger charge is -2.22. The van der Waals surface area contributed by atoms with E-state index >= 15 is 0 Å². The van der Waals surface area contributed by atoms with Crippen molar-refractivity contribution in [1.29, 1.82) is 0 Å². The van der Waals surface area contributed by atoms with E-state index in [0.717, 1.165) is 0 Å². The van der Waals surface area contributed by atoms with Crippen LogP contribution < -0.4 is 5.32 Å². The summed E-state index contributed by atoms with van der Waals surface area (Å²) in [5.41, 5.74) is 0.241. The lowest BCUT2D eigenvalue weighted by Crippen LogP contribution is -2.50. The van der Waals surface area contributed by atoms with Gasteiger partial charge in [0.2, 0.25) is 0 Å². The van der Waals surface area contributed by atoms with Crippen LogP contribution >= 0.6 is 23.2 Å². The largest absolute Gasteiger partial charge is 0.463 e. The molecule has 1 aromatic rings. The Kier molecular flexibility index (Phi) is 4.86. The highest BCUT2D eigenvalue weighted by Gasteiger charge is 2.63. The van der Waals surface area contributed by atoms with E-state index in [1.807, 2.05) is 0 Å². The SMILES string of the molecule is CC(NC(=O)C(F)(F)C(F)(F)F)c1ccc(Cl)c(Cl)c1. The monoisotopic (exact) mass is 335 g/mol. The Morgan fingerprint density at radius 2 is 1.70 bits per heavy atom. The number of hydrogen-bond acceptors (Lipinski definition) is 1. The van der Waals surface area contributed by atoms with Gasteiger partial charge in [0.05, 0.1) is 16.1 Å². The van der Waals surface area contributed by atoms with Crippen LogP contribution in [0.5, 0.6) is 0 Å². The van der Waals surface area contributed by atoms with E-state index in [1.54, 1.807) is 5.32 Å². The predicted octanol–water partition coefficient (Wildman–Crippen LogP) is 4.37. The van der Waals surface area contributed by atoms with Crippen LogP contribution in [0, 0.1) is 0 Å². The van der Waals surface area contributed by atoms with Crippen LogP contribution in [0.1, 0.15) is 18.5 Å². The van der Waals surface area contributed by atoms with Gasteiger partial charge in [0.25, 0.3) is 0 Å². The fourth-order valence-corrected chi connectivity index (χ4v) is 1.59. The Balaban J connectivity index is 2.88. The summed E-state index contributed by atoms with van der Waals surface area (Å²) < 4.78 is 61.5. The van der Waals surface area contributed by atoms with Crippen LogP contribution in [0.2, 0.25) is 10.0 Å². The number of hydrogen-bond donors (Lipinski definition) is 1. The van der Waals surface area contributed by atoms with Crippen LogP contribution in [-0.2, 0) is 4.79 Å². The summed E-state index contributed by atoms with van der Waals surface area (Å²) in [5, 5.41) is 1.86. The zero-order valence-corrected chi connectivity index (χ0v) is 11.4. The maximum absolute atomic E-state index is 12.8. The Morgan fingerprint density at radius 3 is 2.15 bits per heavy atom. The van der Waals surface area contributed by atoms with Crippen molar-refractivity contribution in [3.05, 3.63) is 33.8 Å². The molecule has 1 atom stereocenters. The van der Waals surface area contributed by atoms with E-state index in [9.17, 15) is 26.7 Å². The third kappa shape index (κ3) is 3.52. The van der Waals surface area contributed by atoms with E-state index < -0.39 is 24.0 Å². The van der Waals surface area contributed by atoms with Gasteiger partial charge < -0.3 is 5.32 Å². The smallest absolute Gasteiger partial charge is 0.344 e. The molecule has 1 aromatic carbocycles. The van der Waals surface area contributed by atoms with Gasteiger partial charge in [-0.25, -0.2) is 0 Å². The second-order valence-corrected chi connectivity index (χ2v) is 4.76. The molecule has 0 spiro atoms. The third-order valence-corrected chi connectivity index (χ3v) is 3.17. The molecule has 112 valence electrons. The fraction of sp³-hybridized carbons (Fsp3) is 0.364. The average Bonchev–Trinajstić information content (AvgIpc) is 2.30. The molecule has 0 aliphatic rings. The van der Waals surface area contributed by atoms with E-state index in [0.29, 0.717) is 0 Å². The highest BCUT2D eigenvalue weighted by atomic mass is 35.5. The van der Waals surface area contributed by atoms with E-state index in [-0.39, 0.29) is 15.6 Å². The normalized spacial score (nSPS) is 14.0. The molecule has 0 aromatic heterocycles. The van der Waals surface area contributed by atoms with Gasteiger partial charge in [-0.05, 0) is 24.6 Å². The van der Waals surface area contributed by atoms with Gasteiger partial charge in [-0.15, -0.1) is 0 Å². The van der Waals surface area contributed by atoms with Crippen molar-refractivity contribution in [2.75, 3.05) is 0 Å². The molecule has 20 heavy (non-hydrogen) atoms. The molecule has 0 saturated heterocycles. The standard InChI is InChI=1S/C11H8Cl2F5NO/c1-5(6-2-3-7(12)8(13)4-6)19-9(20)10(14,15)11(16,17)18/h2-5H,1H3,(H,19,20). The first-order valence-electron chi connectivity index (χ1n) is 5.17. The molecule has 1 amide bonds. The highest BCUT2D eigenvalue weighted by Crippen LogP contribution is 2.36. The molecule has 0 radical (unpaired) electrons. The molecule has 0 bridgehead atoms. The van der Waals surface area contributed by atoms with Crippen LogP contribution in [0.15, 0.2) is 18.2 Å². The summed E-state index contributed by atoms with van der Waals surface area (Å²) in [6, 6.07) is 2.86. The van der Waals surface area contributed by atoms with Crippen molar-refractivity contribution in [3.63, 3.8) is 0 Å². The Morgan fingerprint density at radius 1 is 1.15 bits per heavy atom. The number of alkyl halides is 5. The van der Waals surface area contributed by atoms with Gasteiger partial charge in [0.15, 0.2) is 0 Å². The van der Waals surface area contributed by atoms with Crippen molar-refractivity contribution in [2.24, 2.45) is 0 Å². The van der Waals surface area contributed by atoms with E-state index in [2.05, 4.69) is 0 Å². The number of benzene rings is 1. The molecular weight excluding hydrogens is 328 g/mol. The van der Waals surface area contributed by atoms with Gasteiger partial charge in [-0.3, -0.25) is 4.79 Å². The van der Waals surface area contributed by atoms with Crippen molar-refractivity contribution in [2.45, 2.75) is 25.1 Å². The zero-order valence-electron chi connectivity index (χ0n) is 9.86. The lowest BCUT2D eigenvalue weighted by atomic mass is 10.1. The molecule has 2 nitrogen and oxygen atoms in total. The Hall–Kier alpha value is -1.08. The number of carbonyl (C=O) groups is 1. The average molecular weight is 336 g/mol. The zero-order chi connectivity index (χ0) is 15.7. The van der Waals surface area contributed by atoms with Gasteiger partial charge in [-0.1, -0.05) is 29.3 Å². The number of nitrogens with one attached hydrogen (secondary N) is 1. The molecule has 0 heterocycles. The van der Waals surface area contributed by atoms with Gasteiger partial charge >= 0.3 is 18.0 Å². The summed E-state index contributed by atoms with van der Waals surface area (Å²) >= 11 is 11.3. The van der Waals surface area contributed by atoms with Gasteiger partial charge in [0.1, 0.15) is 0 Å². The number of amides is 1. The lowest BCUT2D eigenvalue weighted by molar-refractivity contribution is -0.270. The number of carbonyl (C=O) groups excluding carboxylic acids is 1. The summed E-state index contributed by atoms with van der Waals surface area (Å²) in [6.07, 6.45) is -5.95. The maximum atomic E-state index is 12.8. The molecule has 0 fully saturated rings. The molecule has 0 saturated carbocycles. The quantitative estimate of drug-likeness (QED) is 0.816. The number of halogens is 7. The maximum Gasteiger partial charge on any atom is 0.463 e. The minimum Gasteiger partial charge on any atom is -0.344 e. The van der Waals surface area contributed by atoms with Crippen molar-refractivity contribution in [1.82, 2.24) is 5.32 Å². The van der Waals surface area contributed by atoms with Crippen LogP contribution in [0.4, 0.5) is 22.0 Å². The fourth-order valence-electron chi connectivity index (χ4n) is 1.28. The molecule has 0 aliphatic carbocycles. The first kappa shape index (κ1) is 17.0. The highest BCUT2D eigenvalue weighted by molar-refractivity contribution is 6.42. The first-order chi connectivity index (χ1) is 8.96. The van der Waals surface area contributed by atoms with Crippen LogP contribution in [0.3, 0.4) is 0 Å². The second kappa shape index (κ2) is 5.73. The molecular formula is C11H8Cl2F5NO.